The van der Waals surface area contributed by atoms with Gasteiger partial charge in [0.05, 0.1) is 11.6 Å². The quantitative estimate of drug-likeness (QED) is 0.747. The highest BCUT2D eigenvalue weighted by atomic mass is 79.9. The van der Waals surface area contributed by atoms with Gasteiger partial charge in [-0.25, -0.2) is 4.39 Å². The maximum absolute atomic E-state index is 13.7. The van der Waals surface area contributed by atoms with Crippen LogP contribution in [0.4, 0.5) is 14.9 Å². The van der Waals surface area contributed by atoms with E-state index in [4.69, 9.17) is 0 Å². The summed E-state index contributed by atoms with van der Waals surface area (Å²) >= 11 is 4.20. The Hall–Kier alpha value is -2.12. The summed E-state index contributed by atoms with van der Waals surface area (Å²) in [5.74, 6) is -0.872. The van der Waals surface area contributed by atoms with Crippen LogP contribution in [-0.2, 0) is 4.79 Å². The van der Waals surface area contributed by atoms with E-state index in [0.717, 1.165) is 26.8 Å². The van der Waals surface area contributed by atoms with E-state index in [0.29, 0.717) is 0 Å². The smallest absolute Gasteiger partial charge is 0.295 e. The van der Waals surface area contributed by atoms with E-state index in [1.165, 1.54) is 12.1 Å². The van der Waals surface area contributed by atoms with Crippen molar-refractivity contribution in [1.82, 2.24) is 4.90 Å². The zero-order valence-electron chi connectivity index (χ0n) is 12.3. The van der Waals surface area contributed by atoms with E-state index >= 15 is 0 Å². The molecule has 1 heterocycles. The van der Waals surface area contributed by atoms with Crippen LogP contribution in [-0.4, -0.2) is 22.7 Å². The molecule has 1 aliphatic heterocycles. The summed E-state index contributed by atoms with van der Waals surface area (Å²) in [6.45, 7) is 0.0435. The fourth-order valence-corrected chi connectivity index (χ4v) is 3.39. The molecule has 7 heteroatoms. The number of carbonyl (C=O) groups is 2. The van der Waals surface area contributed by atoms with Crippen LogP contribution in [0.5, 0.6) is 0 Å². The second-order valence-electron chi connectivity index (χ2n) is 4.95. The molecule has 0 saturated carbocycles. The molecule has 122 valence electrons. The number of rotatable bonds is 4. The van der Waals surface area contributed by atoms with Crippen LogP contribution in [0, 0.1) is 5.82 Å². The topological polar surface area (TPSA) is 49.4 Å². The SMILES string of the molecule is O=C1SC(=Cc2ccccc2F)C(=O)N1CNc1ccccc1Br. The van der Waals surface area contributed by atoms with Crippen molar-refractivity contribution in [3.8, 4) is 0 Å². The number of nitrogens with one attached hydrogen (secondary N) is 1. The Balaban J connectivity index is 1.75. The Morgan fingerprint density at radius 1 is 1.12 bits per heavy atom. The van der Waals surface area contributed by atoms with Crippen LogP contribution in [0.15, 0.2) is 57.9 Å². The number of nitrogens with zero attached hydrogens (tertiary/aromatic N) is 1. The van der Waals surface area contributed by atoms with Crippen LogP contribution in [0.3, 0.4) is 0 Å². The molecule has 0 aromatic heterocycles. The molecule has 3 rings (SSSR count). The van der Waals surface area contributed by atoms with E-state index in [1.807, 2.05) is 24.3 Å². The maximum atomic E-state index is 13.7. The van der Waals surface area contributed by atoms with E-state index in [9.17, 15) is 14.0 Å². The number of halogens is 2. The molecule has 1 fully saturated rings. The molecule has 0 radical (unpaired) electrons. The van der Waals surface area contributed by atoms with Crippen LogP contribution < -0.4 is 5.32 Å². The average molecular weight is 407 g/mol. The summed E-state index contributed by atoms with van der Waals surface area (Å²) in [6.07, 6.45) is 1.40. The van der Waals surface area contributed by atoms with Crippen LogP contribution >= 0.6 is 27.7 Å². The van der Waals surface area contributed by atoms with Crippen molar-refractivity contribution in [1.29, 1.82) is 0 Å². The lowest BCUT2D eigenvalue weighted by molar-refractivity contribution is -0.122. The van der Waals surface area contributed by atoms with Gasteiger partial charge in [0.15, 0.2) is 0 Å². The third kappa shape index (κ3) is 3.52. The van der Waals surface area contributed by atoms with E-state index < -0.39 is 11.7 Å². The van der Waals surface area contributed by atoms with E-state index in [1.54, 1.807) is 18.2 Å². The summed E-state index contributed by atoms with van der Waals surface area (Å²) in [4.78, 5) is 25.7. The van der Waals surface area contributed by atoms with Crippen molar-refractivity contribution in [3.05, 3.63) is 69.3 Å². The Morgan fingerprint density at radius 3 is 2.58 bits per heavy atom. The highest BCUT2D eigenvalue weighted by Gasteiger charge is 2.35. The number of thioether (sulfide) groups is 1. The Kier molecular flexibility index (Phi) is 5.01. The zero-order valence-corrected chi connectivity index (χ0v) is 14.7. The summed E-state index contributed by atoms with van der Waals surface area (Å²) in [5.41, 5.74) is 1.05. The number of carbonyl (C=O) groups excluding carboxylic acids is 2. The number of amides is 2. The predicted octanol–water partition coefficient (Wildman–Crippen LogP) is 4.69. The van der Waals surface area contributed by atoms with Crippen molar-refractivity contribution in [2.24, 2.45) is 0 Å². The van der Waals surface area contributed by atoms with Crippen LogP contribution in [0.1, 0.15) is 5.56 Å². The van der Waals surface area contributed by atoms with E-state index in [-0.39, 0.29) is 22.4 Å². The highest BCUT2D eigenvalue weighted by Crippen LogP contribution is 2.32. The molecule has 0 aliphatic carbocycles. The molecule has 0 atom stereocenters. The van der Waals surface area contributed by atoms with Gasteiger partial charge in [0.25, 0.3) is 11.1 Å². The second-order valence-corrected chi connectivity index (χ2v) is 6.79. The fourth-order valence-electron chi connectivity index (χ4n) is 2.14. The summed E-state index contributed by atoms with van der Waals surface area (Å²) in [7, 11) is 0. The number of para-hydroxylation sites is 1. The fraction of sp³-hybridized carbons (Fsp3) is 0.0588. The Bertz CT molecular complexity index is 841. The van der Waals surface area contributed by atoms with Gasteiger partial charge in [-0.2, -0.15) is 0 Å². The molecule has 1 saturated heterocycles. The molecular formula is C17H12BrFN2O2S. The predicted molar refractivity (Wildman–Crippen MR) is 96.8 cm³/mol. The standard InChI is InChI=1S/C17H12BrFN2O2S/c18-12-6-2-4-8-14(12)20-10-21-16(22)15(24-17(21)23)9-11-5-1-3-7-13(11)19/h1-9,20H,10H2. The van der Waals surface area contributed by atoms with Crippen molar-refractivity contribution >= 4 is 50.6 Å². The molecule has 2 amide bonds. The van der Waals surface area contributed by atoms with Gasteiger partial charge in [-0.1, -0.05) is 30.3 Å². The van der Waals surface area contributed by atoms with Crippen molar-refractivity contribution in [2.45, 2.75) is 0 Å². The molecule has 2 aromatic carbocycles. The lowest BCUT2D eigenvalue weighted by Crippen LogP contribution is -2.33. The lowest BCUT2D eigenvalue weighted by Gasteiger charge is -2.15. The third-order valence-corrected chi connectivity index (χ3v) is 4.97. The Morgan fingerprint density at radius 2 is 1.83 bits per heavy atom. The van der Waals surface area contributed by atoms with Crippen LogP contribution in [0.2, 0.25) is 0 Å². The number of hydrogen-bond donors (Lipinski definition) is 1. The third-order valence-electron chi connectivity index (χ3n) is 3.37. The minimum Gasteiger partial charge on any atom is -0.366 e. The molecular weight excluding hydrogens is 395 g/mol. The first-order valence-corrected chi connectivity index (χ1v) is 8.65. The van der Waals surface area contributed by atoms with Gasteiger partial charge in [-0.3, -0.25) is 14.5 Å². The maximum Gasteiger partial charge on any atom is 0.295 e. The summed E-state index contributed by atoms with van der Waals surface area (Å²) in [5, 5.41) is 2.65. The molecule has 0 bridgehead atoms. The van der Waals surface area contributed by atoms with Crippen molar-refractivity contribution < 1.29 is 14.0 Å². The summed E-state index contributed by atoms with van der Waals surface area (Å²) < 4.78 is 14.5. The normalized spacial score (nSPS) is 16.1. The largest absolute Gasteiger partial charge is 0.366 e. The van der Waals surface area contributed by atoms with Gasteiger partial charge >= 0.3 is 0 Å². The van der Waals surface area contributed by atoms with Crippen molar-refractivity contribution in [3.63, 3.8) is 0 Å². The molecule has 1 N–H and O–H groups in total. The van der Waals surface area contributed by atoms with E-state index in [2.05, 4.69) is 21.2 Å². The number of hydrogen-bond acceptors (Lipinski definition) is 4. The van der Waals surface area contributed by atoms with Gasteiger partial charge in [-0.15, -0.1) is 0 Å². The Labute approximate surface area is 150 Å². The van der Waals surface area contributed by atoms with Gasteiger partial charge in [0.2, 0.25) is 0 Å². The summed E-state index contributed by atoms with van der Waals surface area (Å²) in [6, 6.07) is 13.5. The van der Waals surface area contributed by atoms with Gasteiger partial charge in [-0.05, 0) is 52.0 Å². The average Bonchev–Trinajstić information content (AvgIpc) is 2.83. The number of benzene rings is 2. The van der Waals surface area contributed by atoms with Gasteiger partial charge in [0.1, 0.15) is 5.82 Å². The molecule has 24 heavy (non-hydrogen) atoms. The molecule has 0 spiro atoms. The minimum absolute atomic E-state index is 0.0435. The highest BCUT2D eigenvalue weighted by molar-refractivity contribution is 9.10. The van der Waals surface area contributed by atoms with Gasteiger partial charge in [0, 0.05) is 15.7 Å². The molecule has 2 aromatic rings. The first-order valence-electron chi connectivity index (χ1n) is 7.04. The lowest BCUT2D eigenvalue weighted by atomic mass is 10.2. The molecule has 1 aliphatic rings. The van der Waals surface area contributed by atoms with Gasteiger partial charge < -0.3 is 5.32 Å². The number of anilines is 1. The molecule has 0 unspecified atom stereocenters. The zero-order chi connectivity index (χ0) is 17.1. The van der Waals surface area contributed by atoms with Crippen molar-refractivity contribution in [2.75, 3.05) is 12.0 Å². The first kappa shape index (κ1) is 16.7. The molecule has 4 nitrogen and oxygen atoms in total. The monoisotopic (exact) mass is 406 g/mol. The first-order chi connectivity index (χ1) is 11.6. The second kappa shape index (κ2) is 7.19. The number of imide groups is 1. The van der Waals surface area contributed by atoms with Crippen LogP contribution in [0.25, 0.3) is 6.08 Å². The minimum atomic E-state index is -0.437.